The maximum atomic E-state index is 13.2. The maximum Gasteiger partial charge on any atom is 0.246 e. The van der Waals surface area contributed by atoms with Gasteiger partial charge in [0.05, 0.1) is 10.7 Å². The predicted molar refractivity (Wildman–Crippen MR) is 100 cm³/mol. The van der Waals surface area contributed by atoms with Gasteiger partial charge in [0.1, 0.15) is 6.04 Å². The zero-order chi connectivity index (χ0) is 18.7. The number of nitrogens with one attached hydrogen (secondary N) is 2. The van der Waals surface area contributed by atoms with Crippen molar-refractivity contribution < 1.29 is 13.6 Å². The molecule has 3 rings (SSSR count). The monoisotopic (exact) mass is 373 g/mol. The second-order valence-corrected chi connectivity index (χ2v) is 6.88. The van der Waals surface area contributed by atoms with E-state index in [0.29, 0.717) is 0 Å². The van der Waals surface area contributed by atoms with Crippen molar-refractivity contribution >= 4 is 28.6 Å². The summed E-state index contributed by atoms with van der Waals surface area (Å²) in [6, 6.07) is 10.3. The van der Waals surface area contributed by atoms with Gasteiger partial charge in [-0.25, -0.2) is 13.8 Å². The van der Waals surface area contributed by atoms with Crippen LogP contribution in [0.2, 0.25) is 0 Å². The van der Waals surface area contributed by atoms with Gasteiger partial charge in [0.25, 0.3) is 0 Å². The number of rotatable bonds is 5. The van der Waals surface area contributed by atoms with Crippen molar-refractivity contribution in [3.05, 3.63) is 64.5 Å². The highest BCUT2D eigenvalue weighted by molar-refractivity contribution is 7.09. The zero-order valence-electron chi connectivity index (χ0n) is 14.2. The van der Waals surface area contributed by atoms with E-state index in [1.165, 1.54) is 6.07 Å². The van der Waals surface area contributed by atoms with Gasteiger partial charge in [-0.1, -0.05) is 12.1 Å². The molecule has 0 aliphatic heterocycles. The number of hydrogen-bond acceptors (Lipinski definition) is 4. The molecule has 2 N–H and O–H groups in total. The van der Waals surface area contributed by atoms with Crippen molar-refractivity contribution in [1.29, 1.82) is 0 Å². The highest BCUT2D eigenvalue weighted by atomic mass is 32.1. The van der Waals surface area contributed by atoms with Crippen LogP contribution in [0.15, 0.2) is 47.8 Å². The number of anilines is 2. The van der Waals surface area contributed by atoms with Crippen LogP contribution in [-0.2, 0) is 4.79 Å². The standard InChI is InChI=1S/C19H17F2N3OS/c1-11(19(25)24-15-7-8-16(20)17(21)9-15)22-14-5-3-13(4-6-14)18-10-26-12(2)23-18/h3-11,22H,1-2H3,(H,24,25)/t11-/m1/s1. The van der Waals surface area contributed by atoms with E-state index < -0.39 is 17.7 Å². The second kappa shape index (κ2) is 7.61. The van der Waals surface area contributed by atoms with Crippen LogP contribution in [0.3, 0.4) is 0 Å². The highest BCUT2D eigenvalue weighted by Crippen LogP contribution is 2.23. The quantitative estimate of drug-likeness (QED) is 0.673. The lowest BCUT2D eigenvalue weighted by atomic mass is 10.1. The number of carbonyl (C=O) groups excluding carboxylic acids is 1. The molecule has 1 atom stereocenters. The topological polar surface area (TPSA) is 54.0 Å². The lowest BCUT2D eigenvalue weighted by Gasteiger charge is -2.15. The molecule has 0 saturated carbocycles. The van der Waals surface area contributed by atoms with Crippen molar-refractivity contribution in [1.82, 2.24) is 4.98 Å². The fourth-order valence-corrected chi connectivity index (χ4v) is 3.00. The number of hydrogen-bond donors (Lipinski definition) is 2. The normalized spacial score (nSPS) is 11.8. The minimum Gasteiger partial charge on any atom is -0.374 e. The SMILES string of the molecule is Cc1nc(-c2ccc(N[C@H](C)C(=O)Nc3ccc(F)c(F)c3)cc2)cs1. The Labute approximate surface area is 153 Å². The molecular formula is C19H17F2N3OS. The third-order valence-corrected chi connectivity index (χ3v) is 4.54. The Hall–Kier alpha value is -2.80. The molecule has 0 aliphatic rings. The summed E-state index contributed by atoms with van der Waals surface area (Å²) in [6.07, 6.45) is 0. The van der Waals surface area contributed by atoms with Gasteiger partial charge in [0.15, 0.2) is 11.6 Å². The first-order chi connectivity index (χ1) is 12.4. The number of nitrogens with zero attached hydrogens (tertiary/aromatic N) is 1. The van der Waals surface area contributed by atoms with E-state index in [4.69, 9.17) is 0 Å². The van der Waals surface area contributed by atoms with Crippen LogP contribution < -0.4 is 10.6 Å². The minimum atomic E-state index is -1.00. The van der Waals surface area contributed by atoms with Crippen molar-refractivity contribution in [2.75, 3.05) is 10.6 Å². The number of benzene rings is 2. The summed E-state index contributed by atoms with van der Waals surface area (Å²) in [5.74, 6) is -2.31. The fraction of sp³-hybridized carbons (Fsp3) is 0.158. The van der Waals surface area contributed by atoms with Gasteiger partial charge in [0, 0.05) is 28.4 Å². The first-order valence-corrected chi connectivity index (χ1v) is 8.85. The third-order valence-electron chi connectivity index (χ3n) is 3.76. The molecule has 4 nitrogen and oxygen atoms in total. The van der Waals surface area contributed by atoms with Crippen LogP contribution in [0.5, 0.6) is 0 Å². The molecule has 3 aromatic rings. The number of aromatic nitrogens is 1. The van der Waals surface area contributed by atoms with Crippen LogP contribution in [0.25, 0.3) is 11.3 Å². The first kappa shape index (κ1) is 18.0. The Morgan fingerprint density at radius 3 is 2.38 bits per heavy atom. The van der Waals surface area contributed by atoms with E-state index in [0.717, 1.165) is 34.1 Å². The minimum absolute atomic E-state index is 0.205. The van der Waals surface area contributed by atoms with E-state index in [1.807, 2.05) is 36.6 Å². The summed E-state index contributed by atoms with van der Waals surface area (Å²) in [7, 11) is 0. The Kier molecular flexibility index (Phi) is 5.27. The molecule has 0 aliphatic carbocycles. The summed E-state index contributed by atoms with van der Waals surface area (Å²) < 4.78 is 26.1. The van der Waals surface area contributed by atoms with Gasteiger partial charge in [-0.3, -0.25) is 4.79 Å². The Balaban J connectivity index is 1.62. The summed E-state index contributed by atoms with van der Waals surface area (Å²) in [5, 5.41) is 8.63. The number of halogens is 2. The fourth-order valence-electron chi connectivity index (χ4n) is 2.37. The number of thiazole rings is 1. The van der Waals surface area contributed by atoms with E-state index in [2.05, 4.69) is 15.6 Å². The Morgan fingerprint density at radius 1 is 1.08 bits per heavy atom. The number of amides is 1. The van der Waals surface area contributed by atoms with Crippen LogP contribution >= 0.6 is 11.3 Å². The molecular weight excluding hydrogens is 356 g/mol. The molecule has 0 fully saturated rings. The molecule has 2 aromatic carbocycles. The molecule has 0 radical (unpaired) electrons. The van der Waals surface area contributed by atoms with E-state index in [9.17, 15) is 13.6 Å². The molecule has 1 aromatic heterocycles. The molecule has 0 bridgehead atoms. The number of carbonyl (C=O) groups is 1. The van der Waals surface area contributed by atoms with Crippen LogP contribution in [-0.4, -0.2) is 16.9 Å². The maximum absolute atomic E-state index is 13.2. The molecule has 0 spiro atoms. The molecule has 26 heavy (non-hydrogen) atoms. The summed E-state index contributed by atoms with van der Waals surface area (Å²) in [4.78, 5) is 16.6. The van der Waals surface area contributed by atoms with Gasteiger partial charge in [-0.2, -0.15) is 0 Å². The second-order valence-electron chi connectivity index (χ2n) is 5.81. The molecule has 1 heterocycles. The van der Waals surface area contributed by atoms with Gasteiger partial charge in [0.2, 0.25) is 5.91 Å². The van der Waals surface area contributed by atoms with Crippen LogP contribution in [0, 0.1) is 18.6 Å². The average molecular weight is 373 g/mol. The van der Waals surface area contributed by atoms with E-state index in [1.54, 1.807) is 18.3 Å². The Bertz CT molecular complexity index is 925. The van der Waals surface area contributed by atoms with Crippen molar-refractivity contribution in [3.8, 4) is 11.3 Å². The lowest BCUT2D eigenvalue weighted by Crippen LogP contribution is -2.31. The average Bonchev–Trinajstić information content (AvgIpc) is 3.05. The largest absolute Gasteiger partial charge is 0.374 e. The van der Waals surface area contributed by atoms with Gasteiger partial charge in [-0.15, -0.1) is 11.3 Å². The van der Waals surface area contributed by atoms with E-state index in [-0.39, 0.29) is 11.6 Å². The highest BCUT2D eigenvalue weighted by Gasteiger charge is 2.14. The predicted octanol–water partition coefficient (Wildman–Crippen LogP) is 4.84. The summed E-state index contributed by atoms with van der Waals surface area (Å²) in [6.45, 7) is 3.64. The van der Waals surface area contributed by atoms with Crippen molar-refractivity contribution in [2.24, 2.45) is 0 Å². The first-order valence-electron chi connectivity index (χ1n) is 7.97. The smallest absolute Gasteiger partial charge is 0.246 e. The van der Waals surface area contributed by atoms with Gasteiger partial charge in [-0.05, 0) is 38.1 Å². The van der Waals surface area contributed by atoms with Crippen LogP contribution in [0.1, 0.15) is 11.9 Å². The van der Waals surface area contributed by atoms with Crippen molar-refractivity contribution in [2.45, 2.75) is 19.9 Å². The Morgan fingerprint density at radius 2 is 1.77 bits per heavy atom. The summed E-state index contributed by atoms with van der Waals surface area (Å²) >= 11 is 1.59. The van der Waals surface area contributed by atoms with E-state index >= 15 is 0 Å². The zero-order valence-corrected chi connectivity index (χ0v) is 15.0. The third kappa shape index (κ3) is 4.23. The molecule has 0 saturated heterocycles. The number of aryl methyl sites for hydroxylation is 1. The molecule has 7 heteroatoms. The molecule has 0 unspecified atom stereocenters. The summed E-state index contributed by atoms with van der Waals surface area (Å²) in [5.41, 5.74) is 2.90. The van der Waals surface area contributed by atoms with Crippen LogP contribution in [0.4, 0.5) is 20.2 Å². The van der Waals surface area contributed by atoms with Gasteiger partial charge >= 0.3 is 0 Å². The van der Waals surface area contributed by atoms with Gasteiger partial charge < -0.3 is 10.6 Å². The molecule has 134 valence electrons. The lowest BCUT2D eigenvalue weighted by molar-refractivity contribution is -0.116. The molecule has 1 amide bonds. The van der Waals surface area contributed by atoms with Crippen molar-refractivity contribution in [3.63, 3.8) is 0 Å².